The van der Waals surface area contributed by atoms with Gasteiger partial charge in [-0.15, -0.1) is 35.3 Å². The molecule has 1 fully saturated rings. The maximum absolute atomic E-state index is 12.5. The van der Waals surface area contributed by atoms with Crippen molar-refractivity contribution in [1.29, 1.82) is 0 Å². The van der Waals surface area contributed by atoms with Crippen molar-refractivity contribution in [3.63, 3.8) is 0 Å². The Morgan fingerprint density at radius 1 is 1.42 bits per heavy atom. The van der Waals surface area contributed by atoms with Crippen molar-refractivity contribution < 1.29 is 4.79 Å². The van der Waals surface area contributed by atoms with E-state index in [0.29, 0.717) is 13.1 Å². The molecule has 0 radical (unpaired) electrons. The Bertz CT molecular complexity index is 776. The molecule has 3 heterocycles. The highest BCUT2D eigenvalue weighted by atomic mass is 127. The topological polar surface area (TPSA) is 65.8 Å². The summed E-state index contributed by atoms with van der Waals surface area (Å²) in [6.07, 6.45) is 4.51. The van der Waals surface area contributed by atoms with Gasteiger partial charge >= 0.3 is 0 Å². The summed E-state index contributed by atoms with van der Waals surface area (Å²) in [4.78, 5) is 21.9. The van der Waals surface area contributed by atoms with E-state index in [-0.39, 0.29) is 29.9 Å². The quantitative estimate of drug-likeness (QED) is 0.359. The van der Waals surface area contributed by atoms with E-state index in [1.807, 2.05) is 18.1 Å². The summed E-state index contributed by atoms with van der Waals surface area (Å²) in [5, 5.41) is 7.49. The second-order valence-electron chi connectivity index (χ2n) is 5.77. The van der Waals surface area contributed by atoms with Crippen LogP contribution in [0.4, 0.5) is 5.69 Å². The third kappa shape index (κ3) is 5.19. The minimum atomic E-state index is 0. The number of aromatic nitrogens is 2. The summed E-state index contributed by atoms with van der Waals surface area (Å²) in [6.45, 7) is 2.48. The first kappa shape index (κ1) is 21.2. The van der Waals surface area contributed by atoms with Crippen molar-refractivity contribution in [2.24, 2.45) is 12.0 Å². The lowest BCUT2D eigenvalue weighted by atomic mass is 10.3. The van der Waals surface area contributed by atoms with E-state index in [1.54, 1.807) is 34.2 Å². The third-order valence-electron chi connectivity index (χ3n) is 4.02. The monoisotopic (exact) mass is 552 g/mol. The Hall–Kier alpha value is -1.14. The molecule has 0 spiro atoms. The Kier molecular flexibility index (Phi) is 7.89. The largest absolute Gasteiger partial charge is 0.356 e. The van der Waals surface area contributed by atoms with Crippen LogP contribution in [0.2, 0.25) is 0 Å². The summed E-state index contributed by atoms with van der Waals surface area (Å²) in [5.74, 6) is 0.833. The molecule has 0 atom stereocenters. The first-order valence-electron chi connectivity index (χ1n) is 8.05. The van der Waals surface area contributed by atoms with E-state index in [2.05, 4.69) is 43.5 Å². The minimum Gasteiger partial charge on any atom is -0.356 e. The summed E-state index contributed by atoms with van der Waals surface area (Å²) < 4.78 is 2.85. The fourth-order valence-corrected chi connectivity index (χ4v) is 4.27. The number of guanidine groups is 1. The number of carbonyl (C=O) groups is 1. The number of anilines is 1. The summed E-state index contributed by atoms with van der Waals surface area (Å²) in [5.41, 5.74) is 0.846. The SMILES string of the molecule is CN=C(NCCc1ccc(Br)s1)N1CCN(c2cnn(C)c2)C(=O)C1.I. The molecule has 10 heteroatoms. The molecule has 26 heavy (non-hydrogen) atoms. The van der Waals surface area contributed by atoms with Crippen LogP contribution in [-0.4, -0.2) is 59.8 Å². The zero-order valence-electron chi connectivity index (χ0n) is 14.7. The summed E-state index contributed by atoms with van der Waals surface area (Å²) in [6, 6.07) is 4.18. The maximum atomic E-state index is 12.5. The van der Waals surface area contributed by atoms with Crippen LogP contribution in [0.5, 0.6) is 0 Å². The van der Waals surface area contributed by atoms with Crippen LogP contribution in [0.15, 0.2) is 33.3 Å². The van der Waals surface area contributed by atoms with Crippen LogP contribution in [0.3, 0.4) is 0 Å². The van der Waals surface area contributed by atoms with E-state index in [1.165, 1.54) is 4.88 Å². The Labute approximate surface area is 182 Å². The lowest BCUT2D eigenvalue weighted by molar-refractivity contribution is -0.120. The molecule has 1 saturated heterocycles. The number of thiophene rings is 1. The number of carbonyl (C=O) groups excluding carboxylic acids is 1. The standard InChI is InChI=1S/C16H21BrN6OS.HI/c1-18-16(19-6-5-13-3-4-14(17)25-13)22-7-8-23(15(24)11-22)12-9-20-21(2)10-12;/h3-4,9-10H,5-8,11H2,1-2H3,(H,18,19);1H. The minimum absolute atomic E-state index is 0. The molecular weight excluding hydrogens is 531 g/mol. The van der Waals surface area contributed by atoms with Gasteiger partial charge in [-0.3, -0.25) is 14.5 Å². The number of halogens is 2. The van der Waals surface area contributed by atoms with Crippen LogP contribution in [0.25, 0.3) is 0 Å². The van der Waals surface area contributed by atoms with E-state index >= 15 is 0 Å². The number of nitrogens with zero attached hydrogens (tertiary/aromatic N) is 5. The number of rotatable bonds is 4. The van der Waals surface area contributed by atoms with Crippen molar-refractivity contribution in [2.45, 2.75) is 6.42 Å². The van der Waals surface area contributed by atoms with Crippen molar-refractivity contribution in [3.05, 3.63) is 33.2 Å². The number of aryl methyl sites for hydroxylation is 1. The molecule has 0 aliphatic carbocycles. The predicted molar refractivity (Wildman–Crippen MR) is 120 cm³/mol. The van der Waals surface area contributed by atoms with Crippen molar-refractivity contribution in [1.82, 2.24) is 20.0 Å². The third-order valence-corrected chi connectivity index (χ3v) is 5.70. The molecular formula is C16H22BrIN6OS. The molecule has 7 nitrogen and oxygen atoms in total. The van der Waals surface area contributed by atoms with Gasteiger partial charge in [0.25, 0.3) is 0 Å². The van der Waals surface area contributed by atoms with E-state index in [9.17, 15) is 4.79 Å². The van der Waals surface area contributed by atoms with Gasteiger partial charge in [-0.05, 0) is 34.5 Å². The number of aliphatic imine (C=N–C) groups is 1. The average Bonchev–Trinajstić information content (AvgIpc) is 3.20. The van der Waals surface area contributed by atoms with Crippen LogP contribution in [-0.2, 0) is 18.3 Å². The maximum Gasteiger partial charge on any atom is 0.246 e. The zero-order valence-corrected chi connectivity index (χ0v) is 19.4. The van der Waals surface area contributed by atoms with E-state index in [0.717, 1.165) is 34.9 Å². The van der Waals surface area contributed by atoms with Gasteiger partial charge in [0.15, 0.2) is 5.96 Å². The van der Waals surface area contributed by atoms with Crippen LogP contribution in [0, 0.1) is 0 Å². The summed E-state index contributed by atoms with van der Waals surface area (Å²) >= 11 is 5.22. The Morgan fingerprint density at radius 3 is 2.81 bits per heavy atom. The summed E-state index contributed by atoms with van der Waals surface area (Å²) in [7, 11) is 3.60. The molecule has 0 aromatic carbocycles. The molecule has 0 saturated carbocycles. The highest BCUT2D eigenvalue weighted by molar-refractivity contribution is 14.0. The lowest BCUT2D eigenvalue weighted by Crippen LogP contribution is -2.55. The molecule has 3 rings (SSSR count). The van der Waals surface area contributed by atoms with Gasteiger partial charge in [0.05, 0.1) is 15.7 Å². The fraction of sp³-hybridized carbons (Fsp3) is 0.438. The molecule has 1 aliphatic rings. The number of hydrogen-bond donors (Lipinski definition) is 1. The first-order chi connectivity index (χ1) is 12.1. The average molecular weight is 553 g/mol. The van der Waals surface area contributed by atoms with E-state index < -0.39 is 0 Å². The lowest BCUT2D eigenvalue weighted by Gasteiger charge is -2.35. The number of nitrogens with one attached hydrogen (secondary N) is 1. The van der Waals surface area contributed by atoms with Gasteiger partial charge in [-0.1, -0.05) is 0 Å². The molecule has 2 aromatic heterocycles. The molecule has 1 N–H and O–H groups in total. The number of hydrogen-bond acceptors (Lipinski definition) is 4. The molecule has 0 bridgehead atoms. The van der Waals surface area contributed by atoms with Gasteiger partial charge in [-0.25, -0.2) is 0 Å². The van der Waals surface area contributed by atoms with Crippen LogP contribution < -0.4 is 10.2 Å². The van der Waals surface area contributed by atoms with Gasteiger partial charge < -0.3 is 15.1 Å². The van der Waals surface area contributed by atoms with Gasteiger partial charge in [-0.2, -0.15) is 5.10 Å². The van der Waals surface area contributed by atoms with Gasteiger partial charge in [0.1, 0.15) is 6.54 Å². The highest BCUT2D eigenvalue weighted by Gasteiger charge is 2.27. The smallest absolute Gasteiger partial charge is 0.246 e. The van der Waals surface area contributed by atoms with Gasteiger partial charge in [0.2, 0.25) is 5.91 Å². The highest BCUT2D eigenvalue weighted by Crippen LogP contribution is 2.22. The number of piperazine rings is 1. The zero-order chi connectivity index (χ0) is 17.8. The van der Waals surface area contributed by atoms with Crippen molar-refractivity contribution in [2.75, 3.05) is 38.1 Å². The first-order valence-corrected chi connectivity index (χ1v) is 9.66. The molecule has 1 amide bonds. The number of amides is 1. The Balaban J connectivity index is 0.00000243. The van der Waals surface area contributed by atoms with Crippen LogP contribution in [0.1, 0.15) is 4.88 Å². The molecule has 142 valence electrons. The Morgan fingerprint density at radius 2 is 2.23 bits per heavy atom. The molecule has 1 aliphatic heterocycles. The molecule has 0 unspecified atom stereocenters. The van der Waals surface area contributed by atoms with E-state index in [4.69, 9.17) is 0 Å². The van der Waals surface area contributed by atoms with Crippen molar-refractivity contribution in [3.8, 4) is 0 Å². The normalized spacial score (nSPS) is 15.2. The van der Waals surface area contributed by atoms with Crippen LogP contribution >= 0.6 is 51.2 Å². The molecule has 2 aromatic rings. The second-order valence-corrected chi connectivity index (χ2v) is 8.32. The van der Waals surface area contributed by atoms with Crippen molar-refractivity contribution >= 4 is 68.8 Å². The fourth-order valence-electron chi connectivity index (χ4n) is 2.79. The predicted octanol–water partition coefficient (Wildman–Crippen LogP) is 2.33. The van der Waals surface area contributed by atoms with Gasteiger partial charge in [0, 0.05) is 44.8 Å². The second kappa shape index (κ2) is 9.70.